The number of amides is 1. The number of ketones is 1. The van der Waals surface area contributed by atoms with Gasteiger partial charge in [0.1, 0.15) is 17.7 Å². The Balaban J connectivity index is 3.50. The second-order valence-corrected chi connectivity index (χ2v) is 8.16. The molecular formula is C22H43N5O4. The van der Waals surface area contributed by atoms with E-state index >= 15 is 0 Å². The Morgan fingerprint density at radius 3 is 1.65 bits per heavy atom. The third-order valence-corrected chi connectivity index (χ3v) is 5.31. The van der Waals surface area contributed by atoms with Crippen LogP contribution in [-0.2, 0) is 14.4 Å². The summed E-state index contributed by atoms with van der Waals surface area (Å²) < 4.78 is 0. The maximum Gasteiger partial charge on any atom is 0.326 e. The number of Topliss-reactive ketones (excluding diaryl/α,β-unsaturated/α-hetero) is 1. The highest BCUT2D eigenvalue weighted by Gasteiger charge is 2.19. The minimum absolute atomic E-state index is 0.0755. The van der Waals surface area contributed by atoms with Gasteiger partial charge in [-0.2, -0.15) is 5.10 Å². The van der Waals surface area contributed by atoms with Crippen molar-refractivity contribution in [2.24, 2.45) is 16.8 Å². The van der Waals surface area contributed by atoms with Crippen molar-refractivity contribution in [1.29, 1.82) is 0 Å². The van der Waals surface area contributed by atoms with Gasteiger partial charge in [0, 0.05) is 19.3 Å². The Bertz CT molecular complexity index is 540. The molecule has 0 rings (SSSR count). The predicted octanol–water partition coefficient (Wildman–Crippen LogP) is 3.12. The van der Waals surface area contributed by atoms with E-state index in [9.17, 15) is 14.4 Å². The van der Waals surface area contributed by atoms with E-state index in [1.807, 2.05) is 0 Å². The molecule has 0 aliphatic heterocycles. The third kappa shape index (κ3) is 18.3. The maximum absolute atomic E-state index is 11.9. The van der Waals surface area contributed by atoms with Crippen molar-refractivity contribution >= 4 is 23.5 Å². The number of nitrogens with zero attached hydrogens (tertiary/aromatic N) is 1. The van der Waals surface area contributed by atoms with Crippen molar-refractivity contribution < 1.29 is 19.5 Å². The summed E-state index contributed by atoms with van der Waals surface area (Å²) in [4.78, 5) is 34.0. The van der Waals surface area contributed by atoms with Gasteiger partial charge in [-0.15, -0.1) is 0 Å². The van der Waals surface area contributed by atoms with Gasteiger partial charge in [0.15, 0.2) is 0 Å². The summed E-state index contributed by atoms with van der Waals surface area (Å²) in [5.74, 6) is 9.70. The molecule has 180 valence electrons. The highest BCUT2D eigenvalue weighted by atomic mass is 16.4. The van der Waals surface area contributed by atoms with Crippen LogP contribution in [0.2, 0.25) is 0 Å². The van der Waals surface area contributed by atoms with Crippen molar-refractivity contribution in [2.75, 3.05) is 0 Å². The number of rotatable bonds is 20. The van der Waals surface area contributed by atoms with Gasteiger partial charge in [-0.3, -0.25) is 4.79 Å². The highest BCUT2D eigenvalue weighted by molar-refractivity contribution is 5.84. The van der Waals surface area contributed by atoms with Crippen LogP contribution >= 0.6 is 0 Å². The molecule has 0 bridgehead atoms. The second-order valence-electron chi connectivity index (χ2n) is 8.16. The number of carbonyl (C=O) groups excluding carboxylic acids is 2. The number of amidine groups is 1. The Morgan fingerprint density at radius 1 is 0.806 bits per heavy atom. The number of nitrogens with one attached hydrogen (secondary N) is 2. The molecule has 9 nitrogen and oxygen atoms in total. The zero-order chi connectivity index (χ0) is 23.3. The Morgan fingerprint density at radius 2 is 1.26 bits per heavy atom. The van der Waals surface area contributed by atoms with Crippen LogP contribution in [0, 0.1) is 0 Å². The monoisotopic (exact) mass is 441 g/mol. The lowest BCUT2D eigenvalue weighted by molar-refractivity contribution is -0.142. The number of carboxylic acids is 1. The second kappa shape index (κ2) is 19.8. The van der Waals surface area contributed by atoms with Crippen LogP contribution in [-0.4, -0.2) is 34.6 Å². The molecule has 0 saturated heterocycles. The van der Waals surface area contributed by atoms with E-state index in [1.54, 1.807) is 0 Å². The lowest BCUT2D eigenvalue weighted by atomic mass is 10.0. The predicted molar refractivity (Wildman–Crippen MR) is 123 cm³/mol. The van der Waals surface area contributed by atoms with E-state index in [4.69, 9.17) is 16.8 Å². The number of hydrogen-bond donors (Lipinski definition) is 5. The molecule has 0 fully saturated rings. The number of hydrazone groups is 1. The minimum atomic E-state index is -1.09. The van der Waals surface area contributed by atoms with Crippen molar-refractivity contribution in [1.82, 2.24) is 10.7 Å². The summed E-state index contributed by atoms with van der Waals surface area (Å²) in [6, 6.07) is -0.975. The molecule has 0 saturated carbocycles. The lowest BCUT2D eigenvalue weighted by Gasteiger charge is -2.13. The maximum atomic E-state index is 11.9. The van der Waals surface area contributed by atoms with Gasteiger partial charge < -0.3 is 26.5 Å². The van der Waals surface area contributed by atoms with Crippen molar-refractivity contribution in [3.8, 4) is 0 Å². The fourth-order valence-electron chi connectivity index (χ4n) is 3.39. The molecule has 0 aromatic rings. The first-order chi connectivity index (χ1) is 14.9. The van der Waals surface area contributed by atoms with Crippen molar-refractivity contribution in [2.45, 2.75) is 116 Å². The first kappa shape index (κ1) is 28.8. The van der Waals surface area contributed by atoms with Gasteiger partial charge >= 0.3 is 5.97 Å². The summed E-state index contributed by atoms with van der Waals surface area (Å²) >= 11 is 0. The van der Waals surface area contributed by atoms with Crippen LogP contribution in [0.5, 0.6) is 0 Å². The van der Waals surface area contributed by atoms with Crippen LogP contribution in [0.4, 0.5) is 0 Å². The molecule has 1 amide bonds. The fourth-order valence-corrected chi connectivity index (χ4v) is 3.39. The molecular weight excluding hydrogens is 398 g/mol. The number of unbranched alkanes of at least 4 members (excludes halogenated alkanes) is 11. The molecule has 0 aliphatic carbocycles. The standard InChI is InChI=1S/C22H43N5O4/c1-18(28)16-17-19(22(30)31)25-21(29)15-13-11-9-7-5-3-2-4-6-8-10-12-14-20(26-23)27-24/h19H,2-17,23-24H2,1H3,(H,25,29)(H,26,27)(H,30,31). The topological polar surface area (TPSA) is 160 Å². The summed E-state index contributed by atoms with van der Waals surface area (Å²) in [6.45, 7) is 1.42. The molecule has 1 atom stereocenters. The molecule has 1 unspecified atom stereocenters. The summed E-state index contributed by atoms with van der Waals surface area (Å²) in [5, 5.41) is 15.2. The van der Waals surface area contributed by atoms with E-state index in [-0.39, 0.29) is 24.5 Å². The van der Waals surface area contributed by atoms with E-state index in [0.29, 0.717) is 12.3 Å². The zero-order valence-corrected chi connectivity index (χ0v) is 19.2. The van der Waals surface area contributed by atoms with Crippen molar-refractivity contribution in [3.05, 3.63) is 0 Å². The van der Waals surface area contributed by atoms with Gasteiger partial charge in [0.25, 0.3) is 0 Å². The van der Waals surface area contributed by atoms with Crippen LogP contribution < -0.4 is 22.4 Å². The number of hydrogen-bond acceptors (Lipinski definition) is 6. The van der Waals surface area contributed by atoms with Crippen LogP contribution in [0.15, 0.2) is 5.10 Å². The van der Waals surface area contributed by atoms with Crippen LogP contribution in [0.3, 0.4) is 0 Å². The molecule has 0 aromatic carbocycles. The minimum Gasteiger partial charge on any atom is -0.480 e. The normalized spacial score (nSPS) is 12.4. The Hall–Kier alpha value is -2.16. The van der Waals surface area contributed by atoms with E-state index in [2.05, 4.69) is 15.8 Å². The number of aliphatic carboxylic acids is 1. The van der Waals surface area contributed by atoms with Crippen molar-refractivity contribution in [3.63, 3.8) is 0 Å². The van der Waals surface area contributed by atoms with Gasteiger partial charge in [-0.1, -0.05) is 64.2 Å². The quantitative estimate of drug-likeness (QED) is 0.0637. The number of nitrogens with two attached hydrogens (primary N) is 2. The largest absolute Gasteiger partial charge is 0.480 e. The average Bonchev–Trinajstić information content (AvgIpc) is 2.73. The first-order valence-corrected chi connectivity index (χ1v) is 11.7. The van der Waals surface area contributed by atoms with Gasteiger partial charge in [-0.05, 0) is 26.2 Å². The Labute approximate surface area is 186 Å². The molecule has 7 N–H and O–H groups in total. The van der Waals surface area contributed by atoms with Gasteiger partial charge in [0.05, 0.1) is 0 Å². The van der Waals surface area contributed by atoms with Crippen LogP contribution in [0.25, 0.3) is 0 Å². The highest BCUT2D eigenvalue weighted by Crippen LogP contribution is 2.13. The van der Waals surface area contributed by atoms with Crippen LogP contribution in [0.1, 0.15) is 110 Å². The number of carboxylic acid groups (broad SMARTS) is 1. The average molecular weight is 442 g/mol. The van der Waals surface area contributed by atoms with Gasteiger partial charge in [0.2, 0.25) is 5.91 Å². The van der Waals surface area contributed by atoms with E-state index in [0.717, 1.165) is 38.5 Å². The third-order valence-electron chi connectivity index (χ3n) is 5.31. The number of carbonyl (C=O) groups is 3. The zero-order valence-electron chi connectivity index (χ0n) is 19.2. The molecule has 9 heteroatoms. The smallest absolute Gasteiger partial charge is 0.326 e. The SMILES string of the molecule is CC(=O)CCC(NC(=O)CCCCCCCCCCCCCC/C(=N\N)NN)C(=O)O. The molecule has 0 aliphatic rings. The van der Waals surface area contributed by atoms with E-state index < -0.39 is 12.0 Å². The molecule has 0 radical (unpaired) electrons. The lowest BCUT2D eigenvalue weighted by Crippen LogP contribution is -2.40. The number of hydrazine groups is 1. The molecule has 0 aromatic heterocycles. The fraction of sp³-hybridized carbons (Fsp3) is 0.818. The molecule has 0 heterocycles. The van der Waals surface area contributed by atoms with E-state index in [1.165, 1.54) is 51.9 Å². The first-order valence-electron chi connectivity index (χ1n) is 11.7. The Kier molecular flexibility index (Phi) is 18.4. The van der Waals surface area contributed by atoms with Gasteiger partial charge in [-0.25, -0.2) is 10.6 Å². The summed E-state index contributed by atoms with van der Waals surface area (Å²) in [6.07, 6.45) is 15.1. The molecule has 31 heavy (non-hydrogen) atoms. The molecule has 0 spiro atoms. The summed E-state index contributed by atoms with van der Waals surface area (Å²) in [5.41, 5.74) is 2.49. The summed E-state index contributed by atoms with van der Waals surface area (Å²) in [7, 11) is 0.